The van der Waals surface area contributed by atoms with Gasteiger partial charge in [-0.2, -0.15) is 0 Å². The second-order valence-corrected chi connectivity index (χ2v) is 7.62. The number of ether oxygens (including phenoxy) is 1. The SMILES string of the molecule is O=C(c1ccccc1)N1CCC[C@@]2(CC1)CN(Cc1cccnc1)CCO2. The van der Waals surface area contributed by atoms with Crippen molar-refractivity contribution in [2.24, 2.45) is 0 Å². The van der Waals surface area contributed by atoms with Crippen LogP contribution in [0, 0.1) is 0 Å². The van der Waals surface area contributed by atoms with E-state index in [-0.39, 0.29) is 11.5 Å². The van der Waals surface area contributed by atoms with Crippen molar-refractivity contribution in [1.29, 1.82) is 0 Å². The van der Waals surface area contributed by atoms with Gasteiger partial charge in [0.05, 0.1) is 12.2 Å². The smallest absolute Gasteiger partial charge is 0.253 e. The van der Waals surface area contributed by atoms with Gasteiger partial charge in [-0.1, -0.05) is 24.3 Å². The molecule has 142 valence electrons. The fraction of sp³-hybridized carbons (Fsp3) is 0.455. The van der Waals surface area contributed by atoms with Gasteiger partial charge in [-0.05, 0) is 43.0 Å². The summed E-state index contributed by atoms with van der Waals surface area (Å²) in [4.78, 5) is 21.5. The lowest BCUT2D eigenvalue weighted by atomic mass is 9.92. The molecule has 2 aliphatic heterocycles. The Morgan fingerprint density at radius 3 is 2.78 bits per heavy atom. The van der Waals surface area contributed by atoms with E-state index in [0.717, 1.165) is 64.2 Å². The Balaban J connectivity index is 1.40. The molecule has 2 aliphatic rings. The van der Waals surface area contributed by atoms with Crippen molar-refractivity contribution in [2.75, 3.05) is 32.8 Å². The number of nitrogens with zero attached hydrogens (tertiary/aromatic N) is 3. The Hall–Kier alpha value is -2.24. The number of amides is 1. The van der Waals surface area contributed by atoms with E-state index in [9.17, 15) is 4.79 Å². The molecule has 0 bridgehead atoms. The van der Waals surface area contributed by atoms with Gasteiger partial charge in [0.2, 0.25) is 0 Å². The molecular weight excluding hydrogens is 338 g/mol. The first-order valence-corrected chi connectivity index (χ1v) is 9.84. The highest BCUT2D eigenvalue weighted by Gasteiger charge is 2.38. The van der Waals surface area contributed by atoms with Crippen LogP contribution in [0.25, 0.3) is 0 Å². The van der Waals surface area contributed by atoms with Gasteiger partial charge in [-0.25, -0.2) is 0 Å². The van der Waals surface area contributed by atoms with Crippen LogP contribution in [0.5, 0.6) is 0 Å². The Kier molecular flexibility index (Phi) is 5.50. The number of rotatable bonds is 3. The van der Waals surface area contributed by atoms with Crippen molar-refractivity contribution in [3.05, 3.63) is 66.0 Å². The zero-order valence-electron chi connectivity index (χ0n) is 15.7. The van der Waals surface area contributed by atoms with Gasteiger partial charge in [-0.15, -0.1) is 0 Å². The van der Waals surface area contributed by atoms with E-state index in [1.54, 1.807) is 0 Å². The van der Waals surface area contributed by atoms with E-state index in [2.05, 4.69) is 16.0 Å². The van der Waals surface area contributed by atoms with Crippen molar-refractivity contribution >= 4 is 5.91 Å². The molecule has 4 rings (SSSR count). The maximum absolute atomic E-state index is 12.8. The summed E-state index contributed by atoms with van der Waals surface area (Å²) in [5.74, 6) is 0.135. The van der Waals surface area contributed by atoms with E-state index >= 15 is 0 Å². The molecule has 1 aromatic carbocycles. The molecule has 0 aliphatic carbocycles. The molecule has 2 aromatic rings. The van der Waals surface area contributed by atoms with Crippen LogP contribution in [0.4, 0.5) is 0 Å². The summed E-state index contributed by atoms with van der Waals surface area (Å²) in [6.07, 6.45) is 6.65. The number of carbonyl (C=O) groups is 1. The first-order valence-electron chi connectivity index (χ1n) is 9.84. The summed E-state index contributed by atoms with van der Waals surface area (Å²) < 4.78 is 6.29. The lowest BCUT2D eigenvalue weighted by molar-refractivity contribution is -0.118. The van der Waals surface area contributed by atoms with E-state index in [0.29, 0.717) is 0 Å². The van der Waals surface area contributed by atoms with Crippen molar-refractivity contribution in [1.82, 2.24) is 14.8 Å². The van der Waals surface area contributed by atoms with Crippen LogP contribution >= 0.6 is 0 Å². The first-order chi connectivity index (χ1) is 13.2. The predicted molar refractivity (Wildman–Crippen MR) is 104 cm³/mol. The van der Waals surface area contributed by atoms with E-state index in [1.165, 1.54) is 5.56 Å². The molecule has 0 unspecified atom stereocenters. The van der Waals surface area contributed by atoms with Gasteiger partial charge in [0.1, 0.15) is 0 Å². The first kappa shape index (κ1) is 18.1. The van der Waals surface area contributed by atoms with Gasteiger partial charge in [0.15, 0.2) is 0 Å². The van der Waals surface area contributed by atoms with Gasteiger partial charge in [0.25, 0.3) is 5.91 Å². The molecule has 5 nitrogen and oxygen atoms in total. The fourth-order valence-corrected chi connectivity index (χ4v) is 4.24. The number of benzene rings is 1. The summed E-state index contributed by atoms with van der Waals surface area (Å²) in [5, 5.41) is 0. The van der Waals surface area contributed by atoms with Crippen LogP contribution in [-0.2, 0) is 11.3 Å². The normalized spacial score (nSPS) is 23.9. The van der Waals surface area contributed by atoms with Gasteiger partial charge < -0.3 is 9.64 Å². The largest absolute Gasteiger partial charge is 0.372 e. The minimum Gasteiger partial charge on any atom is -0.372 e. The summed E-state index contributed by atoms with van der Waals surface area (Å²) in [6.45, 7) is 5.10. The maximum atomic E-state index is 12.8. The molecule has 27 heavy (non-hydrogen) atoms. The van der Waals surface area contributed by atoms with Crippen LogP contribution in [-0.4, -0.2) is 59.1 Å². The van der Waals surface area contributed by atoms with Crippen molar-refractivity contribution < 1.29 is 9.53 Å². The molecule has 0 N–H and O–H groups in total. The topological polar surface area (TPSA) is 45.7 Å². The predicted octanol–water partition coefficient (Wildman–Crippen LogP) is 2.98. The zero-order valence-corrected chi connectivity index (χ0v) is 15.7. The molecule has 0 radical (unpaired) electrons. The number of morpholine rings is 1. The highest BCUT2D eigenvalue weighted by Crippen LogP contribution is 2.31. The second kappa shape index (κ2) is 8.19. The molecule has 5 heteroatoms. The Labute approximate surface area is 161 Å². The van der Waals surface area contributed by atoms with E-state index < -0.39 is 0 Å². The lowest BCUT2D eigenvalue weighted by Crippen LogP contribution is -2.52. The van der Waals surface area contributed by atoms with Crippen LogP contribution in [0.1, 0.15) is 35.2 Å². The molecule has 1 spiro atoms. The summed E-state index contributed by atoms with van der Waals surface area (Å²) >= 11 is 0. The maximum Gasteiger partial charge on any atom is 0.253 e. The van der Waals surface area contributed by atoms with E-state index in [1.807, 2.05) is 53.7 Å². The number of carbonyl (C=O) groups excluding carboxylic acids is 1. The number of aromatic nitrogens is 1. The second-order valence-electron chi connectivity index (χ2n) is 7.62. The Morgan fingerprint density at radius 1 is 1.07 bits per heavy atom. The van der Waals surface area contributed by atoms with Crippen LogP contribution in [0.2, 0.25) is 0 Å². The number of hydrogen-bond acceptors (Lipinski definition) is 4. The standard InChI is InChI=1S/C22H27N3O2/c26-21(20-7-2-1-3-8-20)25-12-5-9-22(10-13-25)18-24(14-15-27-22)17-19-6-4-11-23-16-19/h1-4,6-8,11,16H,5,9-10,12-15,17-18H2/t22-/m1/s1. The molecule has 1 amide bonds. The Morgan fingerprint density at radius 2 is 1.96 bits per heavy atom. The fourth-order valence-electron chi connectivity index (χ4n) is 4.24. The van der Waals surface area contributed by atoms with Crippen LogP contribution < -0.4 is 0 Å². The minimum absolute atomic E-state index is 0.133. The third-order valence-electron chi connectivity index (χ3n) is 5.66. The Bertz CT molecular complexity index is 753. The van der Waals surface area contributed by atoms with Crippen LogP contribution in [0.15, 0.2) is 54.9 Å². The van der Waals surface area contributed by atoms with Crippen molar-refractivity contribution in [3.63, 3.8) is 0 Å². The van der Waals surface area contributed by atoms with E-state index in [4.69, 9.17) is 4.74 Å². The number of pyridine rings is 1. The summed E-state index contributed by atoms with van der Waals surface area (Å²) in [6, 6.07) is 13.7. The third-order valence-corrected chi connectivity index (χ3v) is 5.66. The summed E-state index contributed by atoms with van der Waals surface area (Å²) in [5.41, 5.74) is 1.88. The van der Waals surface area contributed by atoms with Crippen LogP contribution in [0.3, 0.4) is 0 Å². The molecule has 1 aromatic heterocycles. The zero-order chi connectivity index (χ0) is 18.5. The highest BCUT2D eigenvalue weighted by molar-refractivity contribution is 5.94. The molecule has 3 heterocycles. The average Bonchev–Trinajstić information content (AvgIpc) is 2.91. The van der Waals surface area contributed by atoms with Crippen molar-refractivity contribution in [2.45, 2.75) is 31.4 Å². The average molecular weight is 365 g/mol. The number of likely N-dealkylation sites (tertiary alicyclic amines) is 1. The third kappa shape index (κ3) is 4.37. The molecule has 2 saturated heterocycles. The monoisotopic (exact) mass is 365 g/mol. The molecule has 1 atom stereocenters. The molecule has 0 saturated carbocycles. The van der Waals surface area contributed by atoms with Gasteiger partial charge in [-0.3, -0.25) is 14.7 Å². The molecule has 2 fully saturated rings. The van der Waals surface area contributed by atoms with Crippen molar-refractivity contribution in [3.8, 4) is 0 Å². The lowest BCUT2D eigenvalue weighted by Gasteiger charge is -2.42. The summed E-state index contributed by atoms with van der Waals surface area (Å²) in [7, 11) is 0. The number of hydrogen-bond donors (Lipinski definition) is 0. The quantitative estimate of drug-likeness (QED) is 0.839. The minimum atomic E-state index is -0.133. The highest BCUT2D eigenvalue weighted by atomic mass is 16.5. The van der Waals surface area contributed by atoms with Gasteiger partial charge >= 0.3 is 0 Å². The molecular formula is C22H27N3O2. The van der Waals surface area contributed by atoms with Gasteiger partial charge in [0, 0.05) is 50.7 Å².